The molecule has 0 rings (SSSR count). The lowest BCUT2D eigenvalue weighted by Crippen LogP contribution is -2.40. The second kappa shape index (κ2) is 6.71. The summed E-state index contributed by atoms with van der Waals surface area (Å²) in [6.07, 6.45) is 1.86. The Balaban J connectivity index is 3.99. The predicted molar refractivity (Wildman–Crippen MR) is 54.6 cm³/mol. The molecule has 0 fully saturated rings. The molecule has 4 nitrogen and oxygen atoms in total. The van der Waals surface area contributed by atoms with Gasteiger partial charge in [-0.2, -0.15) is 0 Å². The maximum Gasteiger partial charge on any atom is 0.319 e. The molecule has 0 bridgehead atoms. The lowest BCUT2D eigenvalue weighted by atomic mass is 10.3. The van der Waals surface area contributed by atoms with Crippen molar-refractivity contribution in [1.82, 2.24) is 9.80 Å². The average molecular weight is 187 g/mol. The van der Waals surface area contributed by atoms with Crippen LogP contribution in [-0.4, -0.2) is 49.6 Å². The van der Waals surface area contributed by atoms with Crippen molar-refractivity contribution in [2.75, 3.05) is 33.7 Å². The van der Waals surface area contributed by atoms with E-state index in [1.54, 1.807) is 19.0 Å². The summed E-state index contributed by atoms with van der Waals surface area (Å²) in [5.74, 6) is 0. The third-order valence-electron chi connectivity index (χ3n) is 1.78. The Morgan fingerprint density at radius 1 is 1.31 bits per heavy atom. The SMILES string of the molecule is CCCN(CCCN)C(=O)N(C)C. The van der Waals surface area contributed by atoms with Gasteiger partial charge < -0.3 is 15.5 Å². The first-order valence-corrected chi connectivity index (χ1v) is 4.79. The van der Waals surface area contributed by atoms with Crippen molar-refractivity contribution in [1.29, 1.82) is 0 Å². The molecule has 0 aliphatic heterocycles. The molecule has 4 heteroatoms. The molecular weight excluding hydrogens is 166 g/mol. The van der Waals surface area contributed by atoms with E-state index in [0.717, 1.165) is 25.9 Å². The number of carbonyl (C=O) groups excluding carboxylic acids is 1. The molecule has 0 saturated heterocycles. The summed E-state index contributed by atoms with van der Waals surface area (Å²) in [5.41, 5.74) is 5.40. The molecule has 0 aromatic heterocycles. The third-order valence-corrected chi connectivity index (χ3v) is 1.78. The van der Waals surface area contributed by atoms with Crippen molar-refractivity contribution in [2.24, 2.45) is 5.73 Å². The Bertz CT molecular complexity index is 148. The van der Waals surface area contributed by atoms with E-state index >= 15 is 0 Å². The lowest BCUT2D eigenvalue weighted by Gasteiger charge is -2.25. The van der Waals surface area contributed by atoms with Crippen LogP contribution in [0.2, 0.25) is 0 Å². The first-order valence-electron chi connectivity index (χ1n) is 4.79. The van der Waals surface area contributed by atoms with Crippen LogP contribution in [0.5, 0.6) is 0 Å². The number of amides is 2. The molecule has 78 valence electrons. The van der Waals surface area contributed by atoms with Gasteiger partial charge in [-0.15, -0.1) is 0 Å². The van der Waals surface area contributed by atoms with Gasteiger partial charge in [0.1, 0.15) is 0 Å². The minimum absolute atomic E-state index is 0.0790. The smallest absolute Gasteiger partial charge is 0.319 e. The first-order chi connectivity index (χ1) is 6.13. The molecular formula is C9H21N3O. The van der Waals surface area contributed by atoms with Crippen molar-refractivity contribution < 1.29 is 4.79 Å². The molecule has 0 unspecified atom stereocenters. The molecule has 0 aliphatic carbocycles. The van der Waals surface area contributed by atoms with Crippen LogP contribution in [0, 0.1) is 0 Å². The zero-order chi connectivity index (χ0) is 10.3. The maximum atomic E-state index is 11.5. The number of hydrogen-bond acceptors (Lipinski definition) is 2. The predicted octanol–water partition coefficient (Wildman–Crippen LogP) is 0.729. The Hall–Kier alpha value is -0.770. The van der Waals surface area contributed by atoms with Crippen LogP contribution in [0.25, 0.3) is 0 Å². The van der Waals surface area contributed by atoms with E-state index in [9.17, 15) is 4.79 Å². The van der Waals surface area contributed by atoms with E-state index in [1.165, 1.54) is 0 Å². The van der Waals surface area contributed by atoms with Gasteiger partial charge in [0.05, 0.1) is 0 Å². The Kier molecular flexibility index (Phi) is 6.32. The van der Waals surface area contributed by atoms with E-state index in [0.29, 0.717) is 6.54 Å². The molecule has 0 radical (unpaired) electrons. The van der Waals surface area contributed by atoms with Crippen LogP contribution >= 0.6 is 0 Å². The van der Waals surface area contributed by atoms with E-state index in [2.05, 4.69) is 6.92 Å². The Morgan fingerprint density at radius 3 is 2.31 bits per heavy atom. The van der Waals surface area contributed by atoms with Crippen molar-refractivity contribution in [3.63, 3.8) is 0 Å². The van der Waals surface area contributed by atoms with Crippen molar-refractivity contribution in [2.45, 2.75) is 19.8 Å². The fourth-order valence-electron chi connectivity index (χ4n) is 1.14. The van der Waals surface area contributed by atoms with E-state index in [1.807, 2.05) is 4.90 Å². The van der Waals surface area contributed by atoms with Crippen LogP contribution in [0.15, 0.2) is 0 Å². The van der Waals surface area contributed by atoms with Crippen LogP contribution < -0.4 is 5.73 Å². The van der Waals surface area contributed by atoms with E-state index < -0.39 is 0 Å². The van der Waals surface area contributed by atoms with Crippen molar-refractivity contribution in [3.05, 3.63) is 0 Å². The molecule has 2 amide bonds. The summed E-state index contributed by atoms with van der Waals surface area (Å²) in [5, 5.41) is 0. The second-order valence-electron chi connectivity index (χ2n) is 3.31. The summed E-state index contributed by atoms with van der Waals surface area (Å²) in [6.45, 7) is 4.29. The molecule has 0 atom stereocenters. The summed E-state index contributed by atoms with van der Waals surface area (Å²) >= 11 is 0. The highest BCUT2D eigenvalue weighted by Gasteiger charge is 2.12. The lowest BCUT2D eigenvalue weighted by molar-refractivity contribution is 0.170. The fourth-order valence-corrected chi connectivity index (χ4v) is 1.14. The summed E-state index contributed by atoms with van der Waals surface area (Å²) in [4.78, 5) is 15.0. The topological polar surface area (TPSA) is 49.6 Å². The van der Waals surface area contributed by atoms with Gasteiger partial charge in [-0.3, -0.25) is 0 Å². The number of hydrogen-bond donors (Lipinski definition) is 1. The zero-order valence-electron chi connectivity index (χ0n) is 8.92. The van der Waals surface area contributed by atoms with Crippen LogP contribution in [-0.2, 0) is 0 Å². The Morgan fingerprint density at radius 2 is 1.92 bits per heavy atom. The average Bonchev–Trinajstić information content (AvgIpc) is 2.11. The van der Waals surface area contributed by atoms with E-state index in [-0.39, 0.29) is 6.03 Å². The monoisotopic (exact) mass is 187 g/mol. The molecule has 0 saturated carbocycles. The minimum atomic E-state index is 0.0790. The van der Waals surface area contributed by atoms with Gasteiger partial charge in [-0.05, 0) is 19.4 Å². The molecule has 0 aliphatic rings. The van der Waals surface area contributed by atoms with Crippen molar-refractivity contribution >= 4 is 6.03 Å². The Labute approximate surface area is 80.7 Å². The first kappa shape index (κ1) is 12.2. The summed E-state index contributed by atoms with van der Waals surface area (Å²) in [6, 6.07) is 0.0790. The van der Waals surface area contributed by atoms with Gasteiger partial charge in [0.25, 0.3) is 0 Å². The van der Waals surface area contributed by atoms with Crippen LogP contribution in [0.1, 0.15) is 19.8 Å². The molecule has 0 spiro atoms. The maximum absolute atomic E-state index is 11.5. The van der Waals surface area contributed by atoms with E-state index in [4.69, 9.17) is 5.73 Å². The quantitative estimate of drug-likeness (QED) is 0.689. The van der Waals surface area contributed by atoms with Gasteiger partial charge >= 0.3 is 6.03 Å². The van der Waals surface area contributed by atoms with Crippen molar-refractivity contribution in [3.8, 4) is 0 Å². The number of nitrogens with zero attached hydrogens (tertiary/aromatic N) is 2. The summed E-state index contributed by atoms with van der Waals surface area (Å²) < 4.78 is 0. The number of nitrogens with two attached hydrogens (primary N) is 1. The molecule has 0 heterocycles. The molecule has 2 N–H and O–H groups in total. The largest absolute Gasteiger partial charge is 0.331 e. The molecule has 0 aromatic carbocycles. The number of carbonyl (C=O) groups is 1. The molecule has 13 heavy (non-hydrogen) atoms. The van der Waals surface area contributed by atoms with Crippen LogP contribution in [0.3, 0.4) is 0 Å². The summed E-state index contributed by atoms with van der Waals surface area (Å²) in [7, 11) is 3.54. The van der Waals surface area contributed by atoms with Gasteiger partial charge in [0.15, 0.2) is 0 Å². The second-order valence-corrected chi connectivity index (χ2v) is 3.31. The third kappa shape index (κ3) is 4.72. The van der Waals surface area contributed by atoms with Gasteiger partial charge in [0.2, 0.25) is 0 Å². The normalized spacial score (nSPS) is 9.85. The highest BCUT2D eigenvalue weighted by Crippen LogP contribution is 1.98. The zero-order valence-corrected chi connectivity index (χ0v) is 8.92. The van der Waals surface area contributed by atoms with Gasteiger partial charge in [-0.1, -0.05) is 6.92 Å². The molecule has 0 aromatic rings. The van der Waals surface area contributed by atoms with Gasteiger partial charge in [-0.25, -0.2) is 4.79 Å². The standard InChI is InChI=1S/C9H21N3O/c1-4-7-12(8-5-6-10)9(13)11(2)3/h4-8,10H2,1-3H3. The van der Waals surface area contributed by atoms with Gasteiger partial charge in [0, 0.05) is 27.2 Å². The van der Waals surface area contributed by atoms with Crippen LogP contribution in [0.4, 0.5) is 4.79 Å². The number of urea groups is 1. The fraction of sp³-hybridized carbons (Fsp3) is 0.889. The highest BCUT2D eigenvalue weighted by molar-refractivity contribution is 5.73. The number of rotatable bonds is 5. The minimum Gasteiger partial charge on any atom is -0.331 e. The highest BCUT2D eigenvalue weighted by atomic mass is 16.2.